The molecule has 0 spiro atoms. The summed E-state index contributed by atoms with van der Waals surface area (Å²) in [6.07, 6.45) is 4.12. The second kappa shape index (κ2) is 7.88. The van der Waals surface area contributed by atoms with E-state index in [2.05, 4.69) is 0 Å². The Morgan fingerprint density at radius 1 is 1.19 bits per heavy atom. The fourth-order valence-electron chi connectivity index (χ4n) is 3.98. The first-order valence-electron chi connectivity index (χ1n) is 9.25. The van der Waals surface area contributed by atoms with Crippen molar-refractivity contribution in [3.05, 3.63) is 29.3 Å². The van der Waals surface area contributed by atoms with Crippen molar-refractivity contribution in [2.75, 3.05) is 18.1 Å². The van der Waals surface area contributed by atoms with E-state index in [-0.39, 0.29) is 40.8 Å². The summed E-state index contributed by atoms with van der Waals surface area (Å²) >= 11 is 0. The second-order valence-corrected chi connectivity index (χ2v) is 9.62. The van der Waals surface area contributed by atoms with Gasteiger partial charge in [0.15, 0.2) is 16.4 Å². The van der Waals surface area contributed by atoms with E-state index in [1.807, 2.05) is 0 Å². The standard InChI is InChI=1S/C19H25NO6S/c1-13-6-7-17(21)16(10-13)19(23)26-11-18(22)20(14-4-2-3-5-14)15-8-9-27(24,25)12-15/h6-7,10,14-15,21H,2-5,8-9,11-12H2,1H3. The number of phenolic OH excluding ortho intramolecular Hbond substituents is 1. The highest BCUT2D eigenvalue weighted by Crippen LogP contribution is 2.29. The van der Waals surface area contributed by atoms with Gasteiger partial charge in [-0.15, -0.1) is 0 Å². The van der Waals surface area contributed by atoms with Gasteiger partial charge in [0.05, 0.1) is 11.5 Å². The van der Waals surface area contributed by atoms with Gasteiger partial charge in [0, 0.05) is 12.1 Å². The van der Waals surface area contributed by atoms with E-state index in [4.69, 9.17) is 4.74 Å². The highest BCUT2D eigenvalue weighted by molar-refractivity contribution is 7.91. The molecule has 2 aliphatic rings. The summed E-state index contributed by atoms with van der Waals surface area (Å²) in [7, 11) is -3.12. The van der Waals surface area contributed by atoms with E-state index in [0.29, 0.717) is 6.42 Å². The molecule has 1 aliphatic heterocycles. The third-order valence-corrected chi connectivity index (χ3v) is 7.06. The summed E-state index contributed by atoms with van der Waals surface area (Å²) < 4.78 is 28.8. The number of carbonyl (C=O) groups is 2. The molecule has 1 heterocycles. The fourth-order valence-corrected chi connectivity index (χ4v) is 5.69. The number of aryl methyl sites for hydroxylation is 1. The summed E-state index contributed by atoms with van der Waals surface area (Å²) in [5, 5.41) is 9.82. The van der Waals surface area contributed by atoms with E-state index in [1.165, 1.54) is 12.1 Å². The van der Waals surface area contributed by atoms with Gasteiger partial charge in [0.2, 0.25) is 0 Å². The number of sulfone groups is 1. The zero-order valence-corrected chi connectivity index (χ0v) is 16.2. The Kier molecular flexibility index (Phi) is 5.74. The van der Waals surface area contributed by atoms with Crippen LogP contribution in [-0.2, 0) is 19.4 Å². The monoisotopic (exact) mass is 395 g/mol. The smallest absolute Gasteiger partial charge is 0.342 e. The van der Waals surface area contributed by atoms with Crippen molar-refractivity contribution in [2.45, 2.75) is 51.1 Å². The van der Waals surface area contributed by atoms with Crippen LogP contribution in [-0.4, -0.2) is 60.5 Å². The number of amides is 1. The molecule has 1 saturated carbocycles. The summed E-state index contributed by atoms with van der Waals surface area (Å²) in [4.78, 5) is 26.7. The van der Waals surface area contributed by atoms with Crippen LogP contribution in [0, 0.1) is 6.92 Å². The molecule has 27 heavy (non-hydrogen) atoms. The molecule has 1 amide bonds. The van der Waals surface area contributed by atoms with Crippen LogP contribution >= 0.6 is 0 Å². The van der Waals surface area contributed by atoms with Gasteiger partial charge >= 0.3 is 5.97 Å². The van der Waals surface area contributed by atoms with Crippen LogP contribution in [0.2, 0.25) is 0 Å². The molecule has 0 radical (unpaired) electrons. The van der Waals surface area contributed by atoms with Crippen molar-refractivity contribution >= 4 is 21.7 Å². The van der Waals surface area contributed by atoms with E-state index in [0.717, 1.165) is 31.2 Å². The first-order chi connectivity index (χ1) is 12.8. The Bertz CT molecular complexity index is 829. The number of hydrogen-bond donors (Lipinski definition) is 1. The Balaban J connectivity index is 1.69. The van der Waals surface area contributed by atoms with E-state index >= 15 is 0 Å². The number of aromatic hydroxyl groups is 1. The lowest BCUT2D eigenvalue weighted by Crippen LogP contribution is -2.48. The molecule has 1 aromatic rings. The number of ether oxygens (including phenoxy) is 1. The molecule has 1 aliphatic carbocycles. The van der Waals surface area contributed by atoms with Gasteiger partial charge in [0.25, 0.3) is 5.91 Å². The average molecular weight is 395 g/mol. The first-order valence-corrected chi connectivity index (χ1v) is 11.1. The maximum Gasteiger partial charge on any atom is 0.342 e. The van der Waals surface area contributed by atoms with Crippen LogP contribution < -0.4 is 0 Å². The van der Waals surface area contributed by atoms with Crippen LogP contribution in [0.1, 0.15) is 48.0 Å². The number of esters is 1. The highest BCUT2D eigenvalue weighted by Gasteiger charge is 2.39. The second-order valence-electron chi connectivity index (χ2n) is 7.39. The molecule has 8 heteroatoms. The molecule has 1 saturated heterocycles. The van der Waals surface area contributed by atoms with Crippen molar-refractivity contribution in [2.24, 2.45) is 0 Å². The van der Waals surface area contributed by atoms with Crippen LogP contribution in [0.4, 0.5) is 0 Å². The molecular weight excluding hydrogens is 370 g/mol. The van der Waals surface area contributed by atoms with Gasteiger partial charge in [-0.3, -0.25) is 4.79 Å². The predicted octanol–water partition coefficient (Wildman–Crippen LogP) is 1.82. The maximum atomic E-state index is 12.8. The highest BCUT2D eigenvalue weighted by atomic mass is 32.2. The minimum atomic E-state index is -3.12. The summed E-state index contributed by atoms with van der Waals surface area (Å²) in [5.41, 5.74) is 0.800. The van der Waals surface area contributed by atoms with E-state index in [9.17, 15) is 23.1 Å². The fraction of sp³-hybridized carbons (Fsp3) is 0.579. The van der Waals surface area contributed by atoms with E-state index in [1.54, 1.807) is 17.9 Å². The van der Waals surface area contributed by atoms with Crippen molar-refractivity contribution in [1.29, 1.82) is 0 Å². The third kappa shape index (κ3) is 4.61. The van der Waals surface area contributed by atoms with Crippen LogP contribution in [0.3, 0.4) is 0 Å². The van der Waals surface area contributed by atoms with Crippen molar-refractivity contribution in [3.63, 3.8) is 0 Å². The quantitative estimate of drug-likeness (QED) is 0.763. The topological polar surface area (TPSA) is 101 Å². The lowest BCUT2D eigenvalue weighted by Gasteiger charge is -2.33. The lowest BCUT2D eigenvalue weighted by molar-refractivity contribution is -0.139. The van der Waals surface area contributed by atoms with Gasteiger partial charge in [-0.2, -0.15) is 0 Å². The largest absolute Gasteiger partial charge is 0.507 e. The summed E-state index contributed by atoms with van der Waals surface area (Å²) in [5.74, 6) is -1.28. The molecule has 1 N–H and O–H groups in total. The van der Waals surface area contributed by atoms with Crippen molar-refractivity contribution in [1.82, 2.24) is 4.90 Å². The molecule has 2 fully saturated rings. The Morgan fingerprint density at radius 3 is 2.52 bits per heavy atom. The summed E-state index contributed by atoms with van der Waals surface area (Å²) in [6.45, 7) is 1.32. The molecule has 0 bridgehead atoms. The average Bonchev–Trinajstić information content (AvgIpc) is 3.25. The number of rotatable bonds is 5. The SMILES string of the molecule is Cc1ccc(O)c(C(=O)OCC(=O)N(C2CCCC2)C2CCS(=O)(=O)C2)c1. The molecule has 0 aromatic heterocycles. The predicted molar refractivity (Wildman–Crippen MR) is 99.3 cm³/mol. The van der Waals surface area contributed by atoms with Crippen LogP contribution in [0.5, 0.6) is 5.75 Å². The Morgan fingerprint density at radius 2 is 1.89 bits per heavy atom. The lowest BCUT2D eigenvalue weighted by atomic mass is 10.1. The number of phenols is 1. The number of hydrogen-bond acceptors (Lipinski definition) is 6. The molecular formula is C19H25NO6S. The van der Waals surface area contributed by atoms with Crippen LogP contribution in [0.15, 0.2) is 18.2 Å². The van der Waals surface area contributed by atoms with Gasteiger partial charge in [-0.25, -0.2) is 13.2 Å². The minimum absolute atomic E-state index is 0.00174. The zero-order chi connectivity index (χ0) is 19.6. The van der Waals surface area contributed by atoms with Gasteiger partial charge in [0.1, 0.15) is 11.3 Å². The van der Waals surface area contributed by atoms with Gasteiger partial charge in [-0.1, -0.05) is 24.5 Å². The molecule has 1 atom stereocenters. The van der Waals surface area contributed by atoms with Gasteiger partial charge in [-0.05, 0) is 38.3 Å². The zero-order valence-electron chi connectivity index (χ0n) is 15.4. The maximum absolute atomic E-state index is 12.8. The number of carbonyl (C=O) groups excluding carboxylic acids is 2. The number of nitrogens with zero attached hydrogens (tertiary/aromatic N) is 1. The van der Waals surface area contributed by atoms with Gasteiger partial charge < -0.3 is 14.7 Å². The molecule has 3 rings (SSSR count). The molecule has 1 unspecified atom stereocenters. The van der Waals surface area contributed by atoms with E-state index < -0.39 is 22.4 Å². The first kappa shape index (κ1) is 19.7. The third-order valence-electron chi connectivity index (χ3n) is 5.31. The normalized spacial score (nSPS) is 21.9. The number of benzene rings is 1. The molecule has 148 valence electrons. The minimum Gasteiger partial charge on any atom is -0.507 e. The summed E-state index contributed by atoms with van der Waals surface area (Å²) in [6, 6.07) is 4.22. The van der Waals surface area contributed by atoms with Crippen molar-refractivity contribution in [3.8, 4) is 5.75 Å². The molecule has 1 aromatic carbocycles. The van der Waals surface area contributed by atoms with Crippen LogP contribution in [0.25, 0.3) is 0 Å². The Hall–Kier alpha value is -2.09. The van der Waals surface area contributed by atoms with Crippen molar-refractivity contribution < 1.29 is 27.9 Å². The Labute approximate surface area is 159 Å². The molecule has 7 nitrogen and oxygen atoms in total.